The molecule has 1 saturated heterocycles. The van der Waals surface area contributed by atoms with Crippen LogP contribution in [0.4, 0.5) is 5.82 Å². The fourth-order valence-electron chi connectivity index (χ4n) is 4.22. The summed E-state index contributed by atoms with van der Waals surface area (Å²) in [5.74, 6) is 3.63. The van der Waals surface area contributed by atoms with E-state index in [1.807, 2.05) is 0 Å². The lowest BCUT2D eigenvalue weighted by molar-refractivity contribution is 0.181. The molecule has 3 rings (SSSR count). The van der Waals surface area contributed by atoms with Crippen LogP contribution in [0.5, 0.6) is 0 Å². The van der Waals surface area contributed by atoms with E-state index in [4.69, 9.17) is 14.7 Å². The van der Waals surface area contributed by atoms with E-state index in [1.54, 1.807) is 7.11 Å². The molecular formula is C19H31N3O. The Bertz CT molecular complexity index is 552. The van der Waals surface area contributed by atoms with E-state index in [9.17, 15) is 0 Å². The van der Waals surface area contributed by atoms with Gasteiger partial charge in [0.1, 0.15) is 11.6 Å². The molecule has 3 unspecified atom stereocenters. The second kappa shape index (κ2) is 6.39. The van der Waals surface area contributed by atoms with Gasteiger partial charge in [0.25, 0.3) is 0 Å². The Kier molecular flexibility index (Phi) is 4.63. The van der Waals surface area contributed by atoms with Gasteiger partial charge in [0.15, 0.2) is 0 Å². The summed E-state index contributed by atoms with van der Waals surface area (Å²) >= 11 is 0. The van der Waals surface area contributed by atoms with Gasteiger partial charge in [-0.3, -0.25) is 0 Å². The van der Waals surface area contributed by atoms with Gasteiger partial charge in [-0.2, -0.15) is 0 Å². The van der Waals surface area contributed by atoms with Gasteiger partial charge in [0.2, 0.25) is 0 Å². The fraction of sp³-hybridized carbons (Fsp3) is 0.789. The number of aromatic nitrogens is 2. The highest BCUT2D eigenvalue weighted by Crippen LogP contribution is 2.41. The van der Waals surface area contributed by atoms with Gasteiger partial charge in [0.05, 0.1) is 12.3 Å². The second-order valence-electron chi connectivity index (χ2n) is 8.37. The normalized spacial score (nSPS) is 28.0. The van der Waals surface area contributed by atoms with Crippen LogP contribution >= 0.6 is 0 Å². The first-order valence-electron chi connectivity index (χ1n) is 9.04. The minimum absolute atomic E-state index is 0.0458. The summed E-state index contributed by atoms with van der Waals surface area (Å²) in [6.45, 7) is 10.6. The maximum Gasteiger partial charge on any atom is 0.136 e. The molecule has 1 aliphatic heterocycles. The molecule has 0 bridgehead atoms. The predicted octanol–water partition coefficient (Wildman–Crippen LogP) is 3.94. The van der Waals surface area contributed by atoms with Crippen molar-refractivity contribution < 1.29 is 4.74 Å². The zero-order valence-corrected chi connectivity index (χ0v) is 15.3. The molecule has 3 atom stereocenters. The zero-order chi connectivity index (χ0) is 16.6. The molecule has 4 nitrogen and oxygen atoms in total. The lowest BCUT2D eigenvalue weighted by Crippen LogP contribution is -2.36. The molecule has 2 aliphatic rings. The predicted molar refractivity (Wildman–Crippen MR) is 93.7 cm³/mol. The molecule has 0 spiro atoms. The SMILES string of the molecule is COCc1cc(N2CC(C)C3CCCCC32)nc(C(C)(C)C)n1. The number of hydrogen-bond acceptors (Lipinski definition) is 4. The van der Waals surface area contributed by atoms with Crippen molar-refractivity contribution in [1.82, 2.24) is 9.97 Å². The van der Waals surface area contributed by atoms with E-state index in [0.29, 0.717) is 12.6 Å². The van der Waals surface area contributed by atoms with Crippen molar-refractivity contribution in [2.75, 3.05) is 18.6 Å². The van der Waals surface area contributed by atoms with Gasteiger partial charge in [-0.1, -0.05) is 40.5 Å². The number of fused-ring (bicyclic) bond motifs is 1. The molecule has 2 fully saturated rings. The average Bonchev–Trinajstić information content (AvgIpc) is 2.84. The summed E-state index contributed by atoms with van der Waals surface area (Å²) in [5, 5.41) is 0. The molecule has 2 heterocycles. The number of hydrogen-bond donors (Lipinski definition) is 0. The summed E-state index contributed by atoms with van der Waals surface area (Å²) in [6, 6.07) is 2.81. The highest BCUT2D eigenvalue weighted by molar-refractivity contribution is 5.44. The van der Waals surface area contributed by atoms with Crippen LogP contribution in [0.25, 0.3) is 0 Å². The largest absolute Gasteiger partial charge is 0.378 e. The Balaban J connectivity index is 1.96. The van der Waals surface area contributed by atoms with E-state index in [1.165, 1.54) is 25.7 Å². The van der Waals surface area contributed by atoms with Crippen molar-refractivity contribution in [3.63, 3.8) is 0 Å². The Labute approximate surface area is 140 Å². The number of anilines is 1. The molecule has 23 heavy (non-hydrogen) atoms. The minimum atomic E-state index is -0.0458. The Morgan fingerprint density at radius 2 is 1.96 bits per heavy atom. The number of methoxy groups -OCH3 is 1. The van der Waals surface area contributed by atoms with Crippen LogP contribution in [0.1, 0.15) is 64.9 Å². The topological polar surface area (TPSA) is 38.2 Å². The summed E-state index contributed by atoms with van der Waals surface area (Å²) in [6.07, 6.45) is 5.44. The van der Waals surface area contributed by atoms with Gasteiger partial charge in [-0.05, 0) is 24.7 Å². The third kappa shape index (κ3) is 3.37. The second-order valence-corrected chi connectivity index (χ2v) is 8.37. The fourth-order valence-corrected chi connectivity index (χ4v) is 4.22. The van der Waals surface area contributed by atoms with Gasteiger partial charge < -0.3 is 9.64 Å². The quantitative estimate of drug-likeness (QED) is 0.846. The summed E-state index contributed by atoms with van der Waals surface area (Å²) in [7, 11) is 1.73. The lowest BCUT2D eigenvalue weighted by atomic mass is 9.80. The maximum atomic E-state index is 5.33. The Hall–Kier alpha value is -1.16. The Morgan fingerprint density at radius 3 is 2.65 bits per heavy atom. The van der Waals surface area contributed by atoms with Crippen LogP contribution in [-0.4, -0.2) is 29.7 Å². The van der Waals surface area contributed by atoms with Crippen molar-refractivity contribution in [2.24, 2.45) is 11.8 Å². The first-order chi connectivity index (χ1) is 10.9. The van der Waals surface area contributed by atoms with Crippen LogP contribution in [0.2, 0.25) is 0 Å². The molecule has 1 aromatic heterocycles. The van der Waals surface area contributed by atoms with Crippen LogP contribution in [0, 0.1) is 11.8 Å². The highest BCUT2D eigenvalue weighted by Gasteiger charge is 2.41. The van der Waals surface area contributed by atoms with E-state index in [0.717, 1.165) is 35.7 Å². The van der Waals surface area contributed by atoms with Crippen LogP contribution in [0.3, 0.4) is 0 Å². The van der Waals surface area contributed by atoms with Crippen molar-refractivity contribution in [2.45, 2.75) is 71.4 Å². The Morgan fingerprint density at radius 1 is 1.22 bits per heavy atom. The smallest absolute Gasteiger partial charge is 0.136 e. The molecule has 128 valence electrons. The van der Waals surface area contributed by atoms with E-state index < -0.39 is 0 Å². The molecule has 4 heteroatoms. The number of ether oxygens (including phenoxy) is 1. The molecule has 0 aromatic carbocycles. The molecule has 1 aromatic rings. The maximum absolute atomic E-state index is 5.33. The van der Waals surface area contributed by atoms with Crippen molar-refractivity contribution >= 4 is 5.82 Å². The van der Waals surface area contributed by atoms with Crippen molar-refractivity contribution in [1.29, 1.82) is 0 Å². The van der Waals surface area contributed by atoms with Gasteiger partial charge in [-0.25, -0.2) is 9.97 Å². The summed E-state index contributed by atoms with van der Waals surface area (Å²) < 4.78 is 5.33. The number of nitrogens with zero attached hydrogens (tertiary/aromatic N) is 3. The van der Waals surface area contributed by atoms with Crippen LogP contribution in [0.15, 0.2) is 6.07 Å². The van der Waals surface area contributed by atoms with Crippen molar-refractivity contribution in [3.05, 3.63) is 17.6 Å². The first kappa shape index (κ1) is 16.7. The van der Waals surface area contributed by atoms with E-state index in [-0.39, 0.29) is 5.41 Å². The zero-order valence-electron chi connectivity index (χ0n) is 15.3. The van der Waals surface area contributed by atoms with E-state index >= 15 is 0 Å². The van der Waals surface area contributed by atoms with E-state index in [2.05, 4.69) is 38.7 Å². The molecule has 0 radical (unpaired) electrons. The van der Waals surface area contributed by atoms with Gasteiger partial charge >= 0.3 is 0 Å². The lowest BCUT2D eigenvalue weighted by Gasteiger charge is -2.33. The van der Waals surface area contributed by atoms with Gasteiger partial charge in [-0.15, -0.1) is 0 Å². The first-order valence-corrected chi connectivity index (χ1v) is 9.04. The molecular weight excluding hydrogens is 286 g/mol. The number of rotatable bonds is 3. The molecule has 1 aliphatic carbocycles. The third-order valence-corrected chi connectivity index (χ3v) is 5.42. The highest BCUT2D eigenvalue weighted by atomic mass is 16.5. The minimum Gasteiger partial charge on any atom is -0.378 e. The summed E-state index contributed by atoms with van der Waals surface area (Å²) in [5.41, 5.74) is 0.949. The molecule has 1 saturated carbocycles. The van der Waals surface area contributed by atoms with Crippen LogP contribution < -0.4 is 4.90 Å². The molecule has 0 amide bonds. The monoisotopic (exact) mass is 317 g/mol. The standard InChI is InChI=1S/C19H31N3O/c1-13-11-22(16-9-7-6-8-15(13)16)17-10-14(12-23-5)20-18(21-17)19(2,3)4/h10,13,15-16H,6-9,11-12H2,1-5H3. The average molecular weight is 317 g/mol. The third-order valence-electron chi connectivity index (χ3n) is 5.42. The molecule has 0 N–H and O–H groups in total. The van der Waals surface area contributed by atoms with Crippen molar-refractivity contribution in [3.8, 4) is 0 Å². The van der Waals surface area contributed by atoms with Crippen LogP contribution in [-0.2, 0) is 16.8 Å². The summed E-state index contributed by atoms with van der Waals surface area (Å²) in [4.78, 5) is 12.2. The van der Waals surface area contributed by atoms with Gasteiger partial charge in [0, 0.05) is 31.2 Å².